The van der Waals surface area contributed by atoms with Crippen LogP contribution in [-0.4, -0.2) is 47.5 Å². The number of nitriles is 1. The lowest BCUT2D eigenvalue weighted by atomic mass is 10.0. The van der Waals surface area contributed by atoms with Gasteiger partial charge in [0, 0.05) is 25.0 Å². The van der Waals surface area contributed by atoms with E-state index < -0.39 is 35.0 Å². The number of anilines is 2. The molecule has 2 atom stereocenters. The normalized spacial score (nSPS) is 20.4. The maximum absolute atomic E-state index is 15.7. The minimum absolute atomic E-state index is 0.0271. The van der Waals surface area contributed by atoms with E-state index in [1.165, 1.54) is 11.1 Å². The van der Waals surface area contributed by atoms with Gasteiger partial charge in [0.2, 0.25) is 11.5 Å². The number of rotatable bonds is 3. The molecule has 0 saturated carbocycles. The largest absolute Gasteiger partial charge is 0.487 e. The third-order valence-electron chi connectivity index (χ3n) is 7.38. The van der Waals surface area contributed by atoms with E-state index in [9.17, 15) is 19.5 Å². The first-order valence-electron chi connectivity index (χ1n) is 12.3. The molecule has 3 aromatic rings. The fourth-order valence-corrected chi connectivity index (χ4v) is 5.50. The summed E-state index contributed by atoms with van der Waals surface area (Å²) in [5, 5.41) is 18.6. The lowest BCUT2D eigenvalue weighted by molar-refractivity contribution is 0.0694. The monoisotopic (exact) mass is 518 g/mol. The Balaban J connectivity index is 1.41. The lowest BCUT2D eigenvalue weighted by Crippen LogP contribution is -2.30. The predicted molar refractivity (Wildman–Crippen MR) is 134 cm³/mol. The first kappa shape index (κ1) is 23.8. The topological polar surface area (TPSA) is 125 Å². The van der Waals surface area contributed by atoms with Gasteiger partial charge in [-0.15, -0.1) is 0 Å². The number of aryl methyl sites for hydroxylation is 1. The van der Waals surface area contributed by atoms with Crippen molar-refractivity contribution in [1.29, 1.82) is 5.26 Å². The predicted octanol–water partition coefficient (Wildman–Crippen LogP) is 3.59. The van der Waals surface area contributed by atoms with Gasteiger partial charge in [0.15, 0.2) is 11.6 Å². The van der Waals surface area contributed by atoms with Crippen LogP contribution in [-0.2, 0) is 17.7 Å². The highest BCUT2D eigenvalue weighted by molar-refractivity contribution is 5.97. The third-order valence-corrected chi connectivity index (χ3v) is 7.38. The van der Waals surface area contributed by atoms with Crippen LogP contribution in [0.2, 0.25) is 0 Å². The molecule has 38 heavy (non-hydrogen) atoms. The summed E-state index contributed by atoms with van der Waals surface area (Å²) < 4.78 is 28.4. The summed E-state index contributed by atoms with van der Waals surface area (Å²) >= 11 is 0. The first-order chi connectivity index (χ1) is 18.3. The number of carboxylic acid groups (broad SMARTS) is 1. The molecular formula is C27H23FN4O6. The average molecular weight is 519 g/mol. The van der Waals surface area contributed by atoms with Gasteiger partial charge >= 0.3 is 12.1 Å². The van der Waals surface area contributed by atoms with Crippen LogP contribution in [0.15, 0.2) is 35.3 Å². The zero-order valence-corrected chi connectivity index (χ0v) is 20.4. The third kappa shape index (κ3) is 3.63. The number of ether oxygens (including phenoxy) is 2. The fraction of sp³-hybridized carbons (Fsp3) is 0.333. The van der Waals surface area contributed by atoms with Crippen molar-refractivity contribution in [3.05, 3.63) is 63.2 Å². The molecule has 0 bridgehead atoms. The maximum Gasteiger partial charge on any atom is 0.415 e. The molecule has 1 saturated heterocycles. The standard InChI is InChI=1S/C27H23FN4O6/c1-14-13-37-25-22-19(24(33)20(26(34)35)12-31(14)22)8-21(28)23(25)30-6-2-3-15-7-17(5-4-16(15)10-30)32-11-18(9-29)38-27(32)36/h4-5,7-8,12,14,18H,2-3,6,10-11,13H2,1H3,(H,34,35). The van der Waals surface area contributed by atoms with Crippen molar-refractivity contribution in [3.8, 4) is 11.8 Å². The van der Waals surface area contributed by atoms with Crippen LogP contribution >= 0.6 is 0 Å². The Morgan fingerprint density at radius 1 is 1.24 bits per heavy atom. The minimum atomic E-state index is -1.36. The molecule has 3 aliphatic rings. The molecule has 0 spiro atoms. The summed E-state index contributed by atoms with van der Waals surface area (Å²) in [5.74, 6) is -1.79. The van der Waals surface area contributed by atoms with Gasteiger partial charge in [-0.3, -0.25) is 9.69 Å². The van der Waals surface area contributed by atoms with E-state index in [2.05, 4.69) is 0 Å². The molecule has 1 fully saturated rings. The molecule has 1 amide bonds. The molecule has 10 nitrogen and oxygen atoms in total. The zero-order valence-electron chi connectivity index (χ0n) is 20.4. The number of aromatic nitrogens is 1. The van der Waals surface area contributed by atoms with Gasteiger partial charge in [-0.1, -0.05) is 6.07 Å². The molecule has 2 unspecified atom stereocenters. The number of halogens is 1. The van der Waals surface area contributed by atoms with Gasteiger partial charge in [0.25, 0.3) is 0 Å². The number of carbonyl (C=O) groups excluding carboxylic acids is 1. The minimum Gasteiger partial charge on any atom is -0.487 e. The number of amides is 1. The molecular weight excluding hydrogens is 495 g/mol. The van der Waals surface area contributed by atoms with Gasteiger partial charge in [-0.25, -0.2) is 14.0 Å². The zero-order chi connectivity index (χ0) is 26.7. The lowest BCUT2D eigenvalue weighted by Gasteiger charge is -2.32. The van der Waals surface area contributed by atoms with E-state index in [-0.39, 0.29) is 36.0 Å². The van der Waals surface area contributed by atoms with Crippen LogP contribution in [0.3, 0.4) is 0 Å². The van der Waals surface area contributed by atoms with Crippen molar-refractivity contribution in [2.45, 2.75) is 38.5 Å². The summed E-state index contributed by atoms with van der Waals surface area (Å²) in [7, 11) is 0. The summed E-state index contributed by atoms with van der Waals surface area (Å²) in [6.07, 6.45) is 1.33. The van der Waals surface area contributed by atoms with E-state index in [4.69, 9.17) is 14.7 Å². The molecule has 1 N–H and O–H groups in total. The molecule has 4 heterocycles. The SMILES string of the molecule is CC1COc2c(N3CCCc4cc(N5CC(C#N)OC5=O)ccc4C3)c(F)cc3c(=O)c(C(=O)O)cn1c23. The number of nitrogens with zero attached hydrogens (tertiary/aromatic N) is 4. The summed E-state index contributed by atoms with van der Waals surface area (Å²) in [6.45, 7) is 3.08. The van der Waals surface area contributed by atoms with Crippen LogP contribution in [0.4, 0.5) is 20.6 Å². The smallest absolute Gasteiger partial charge is 0.415 e. The Kier molecular flexibility index (Phi) is 5.48. The Bertz CT molecular complexity index is 1630. The Hall–Kier alpha value is -4.59. The molecule has 2 aromatic carbocycles. The number of aromatic carboxylic acids is 1. The number of hydrogen-bond acceptors (Lipinski definition) is 7. The molecule has 3 aliphatic heterocycles. The summed E-state index contributed by atoms with van der Waals surface area (Å²) in [4.78, 5) is 40.1. The number of carboxylic acids is 1. The average Bonchev–Trinajstić information content (AvgIpc) is 3.14. The van der Waals surface area contributed by atoms with E-state index in [0.29, 0.717) is 37.1 Å². The quantitative estimate of drug-likeness (QED) is 0.558. The second-order valence-corrected chi connectivity index (χ2v) is 9.77. The highest BCUT2D eigenvalue weighted by Gasteiger charge is 2.34. The Morgan fingerprint density at radius 2 is 2.05 bits per heavy atom. The fourth-order valence-electron chi connectivity index (χ4n) is 5.50. The molecule has 0 aliphatic carbocycles. The number of cyclic esters (lactones) is 1. The molecule has 6 rings (SSSR count). The summed E-state index contributed by atoms with van der Waals surface area (Å²) in [5.41, 5.74) is 2.05. The van der Waals surface area contributed by atoms with Crippen molar-refractivity contribution in [2.75, 3.05) is 29.5 Å². The number of hydrogen-bond donors (Lipinski definition) is 1. The Morgan fingerprint density at radius 3 is 2.79 bits per heavy atom. The second-order valence-electron chi connectivity index (χ2n) is 9.77. The van der Waals surface area contributed by atoms with E-state index >= 15 is 4.39 Å². The number of pyridine rings is 1. The molecule has 11 heteroatoms. The first-order valence-corrected chi connectivity index (χ1v) is 12.3. The van der Waals surface area contributed by atoms with E-state index in [1.54, 1.807) is 10.6 Å². The van der Waals surface area contributed by atoms with Gasteiger partial charge < -0.3 is 24.0 Å². The maximum atomic E-state index is 15.7. The molecule has 0 radical (unpaired) electrons. The van der Waals surface area contributed by atoms with Crippen LogP contribution in [0.1, 0.15) is 40.9 Å². The van der Waals surface area contributed by atoms with Gasteiger partial charge in [0.05, 0.1) is 23.5 Å². The number of benzene rings is 2. The number of fused-ring (bicyclic) bond motifs is 1. The van der Waals surface area contributed by atoms with Crippen molar-refractivity contribution in [2.24, 2.45) is 0 Å². The van der Waals surface area contributed by atoms with Crippen LogP contribution in [0.5, 0.6) is 5.75 Å². The van der Waals surface area contributed by atoms with Crippen molar-refractivity contribution >= 4 is 34.3 Å². The van der Waals surface area contributed by atoms with Crippen molar-refractivity contribution in [3.63, 3.8) is 0 Å². The summed E-state index contributed by atoms with van der Waals surface area (Å²) in [6, 6.07) is 8.40. The van der Waals surface area contributed by atoms with Gasteiger partial charge in [-0.05, 0) is 49.1 Å². The van der Waals surface area contributed by atoms with Crippen molar-refractivity contribution in [1.82, 2.24) is 4.57 Å². The van der Waals surface area contributed by atoms with Crippen LogP contribution < -0.4 is 20.0 Å². The highest BCUT2D eigenvalue weighted by Crippen LogP contribution is 2.43. The Labute approximate surface area is 216 Å². The van der Waals surface area contributed by atoms with Gasteiger partial charge in [-0.2, -0.15) is 5.26 Å². The van der Waals surface area contributed by atoms with E-state index in [1.807, 2.05) is 30.0 Å². The van der Waals surface area contributed by atoms with Gasteiger partial charge in [0.1, 0.15) is 23.9 Å². The van der Waals surface area contributed by atoms with Crippen LogP contribution in [0.25, 0.3) is 10.9 Å². The van der Waals surface area contributed by atoms with Crippen LogP contribution in [0, 0.1) is 17.1 Å². The van der Waals surface area contributed by atoms with Crippen molar-refractivity contribution < 1.29 is 28.6 Å². The second kappa shape index (κ2) is 8.76. The molecule has 194 valence electrons. The molecule has 1 aromatic heterocycles. The highest BCUT2D eigenvalue weighted by atomic mass is 19.1. The number of carbonyl (C=O) groups is 2. The van der Waals surface area contributed by atoms with E-state index in [0.717, 1.165) is 17.2 Å².